The zero-order valence-electron chi connectivity index (χ0n) is 17.3. The number of amides is 1. The maximum Gasteiger partial charge on any atom is 0.346 e. The first-order valence-corrected chi connectivity index (χ1v) is 10.0. The van der Waals surface area contributed by atoms with Crippen molar-refractivity contribution in [2.45, 2.75) is 72.1 Å². The van der Waals surface area contributed by atoms with Crippen molar-refractivity contribution in [1.82, 2.24) is 29.0 Å². The summed E-state index contributed by atoms with van der Waals surface area (Å²) in [6, 6.07) is 0.103. The van der Waals surface area contributed by atoms with E-state index in [9.17, 15) is 9.59 Å². The zero-order valence-corrected chi connectivity index (χ0v) is 17.3. The highest BCUT2D eigenvalue weighted by atomic mass is 16.2. The molecule has 0 aromatic carbocycles. The topological polar surface area (TPSA) is 104 Å². The highest BCUT2D eigenvalue weighted by Crippen LogP contribution is 2.14. The van der Waals surface area contributed by atoms with Crippen molar-refractivity contribution in [3.05, 3.63) is 33.3 Å². The van der Waals surface area contributed by atoms with Gasteiger partial charge >= 0.3 is 5.69 Å². The van der Waals surface area contributed by atoms with E-state index in [4.69, 9.17) is 5.73 Å². The van der Waals surface area contributed by atoms with Gasteiger partial charge in [0.1, 0.15) is 12.4 Å². The minimum Gasteiger partial charge on any atom is -0.344 e. The maximum atomic E-state index is 12.6. The summed E-state index contributed by atoms with van der Waals surface area (Å²) in [5.74, 6) is 0.608. The van der Waals surface area contributed by atoms with Crippen LogP contribution in [0.25, 0.3) is 0 Å². The second-order valence-corrected chi connectivity index (χ2v) is 7.63. The molecule has 0 spiro atoms. The van der Waals surface area contributed by atoms with Crippen LogP contribution >= 0.6 is 0 Å². The Morgan fingerprint density at radius 1 is 1.25 bits per heavy atom. The van der Waals surface area contributed by atoms with Gasteiger partial charge in [0.05, 0.1) is 5.69 Å². The molecule has 154 valence electrons. The number of aromatic nitrogens is 5. The lowest BCUT2D eigenvalue weighted by molar-refractivity contribution is -0.130. The molecular formula is C19H31N7O2. The van der Waals surface area contributed by atoms with Crippen LogP contribution in [0.5, 0.6) is 0 Å². The Morgan fingerprint density at radius 2 is 2.00 bits per heavy atom. The van der Waals surface area contributed by atoms with Crippen LogP contribution < -0.4 is 11.4 Å². The summed E-state index contributed by atoms with van der Waals surface area (Å²) >= 11 is 0. The molecule has 1 aliphatic heterocycles. The quantitative estimate of drug-likeness (QED) is 0.762. The fraction of sp³-hybridized carbons (Fsp3) is 0.684. The first kappa shape index (κ1) is 20.3. The largest absolute Gasteiger partial charge is 0.346 e. The third kappa shape index (κ3) is 4.04. The van der Waals surface area contributed by atoms with Crippen LogP contribution in [0, 0.1) is 13.8 Å². The van der Waals surface area contributed by atoms with Gasteiger partial charge in [0.15, 0.2) is 0 Å². The van der Waals surface area contributed by atoms with Crippen LogP contribution in [0.3, 0.4) is 0 Å². The van der Waals surface area contributed by atoms with Gasteiger partial charge in [0.2, 0.25) is 5.91 Å². The van der Waals surface area contributed by atoms with Crippen molar-refractivity contribution >= 4 is 5.91 Å². The van der Waals surface area contributed by atoms with Gasteiger partial charge in [0, 0.05) is 44.8 Å². The van der Waals surface area contributed by atoms with Gasteiger partial charge < -0.3 is 10.6 Å². The van der Waals surface area contributed by atoms with Gasteiger partial charge in [-0.3, -0.25) is 14.0 Å². The smallest absolute Gasteiger partial charge is 0.344 e. The summed E-state index contributed by atoms with van der Waals surface area (Å²) < 4.78 is 4.93. The molecule has 9 nitrogen and oxygen atoms in total. The van der Waals surface area contributed by atoms with Crippen LogP contribution in [0.4, 0.5) is 0 Å². The van der Waals surface area contributed by atoms with Crippen molar-refractivity contribution in [2.75, 3.05) is 13.6 Å². The molecule has 1 amide bonds. The van der Waals surface area contributed by atoms with Gasteiger partial charge in [-0.05, 0) is 45.6 Å². The second-order valence-electron chi connectivity index (χ2n) is 7.63. The van der Waals surface area contributed by atoms with E-state index in [2.05, 4.69) is 24.0 Å². The van der Waals surface area contributed by atoms with E-state index in [1.807, 2.05) is 11.6 Å². The van der Waals surface area contributed by atoms with Gasteiger partial charge in [-0.15, -0.1) is 0 Å². The Balaban J connectivity index is 1.63. The third-order valence-electron chi connectivity index (χ3n) is 5.70. The lowest BCUT2D eigenvalue weighted by Gasteiger charge is -2.17. The summed E-state index contributed by atoms with van der Waals surface area (Å²) in [6.07, 6.45) is 2.99. The molecule has 1 atom stereocenters. The minimum atomic E-state index is -0.221. The number of hydrogen-bond donors (Lipinski definition) is 1. The molecule has 0 saturated carbocycles. The van der Waals surface area contributed by atoms with Crippen LogP contribution in [-0.2, 0) is 37.3 Å². The normalized spacial score (nSPS) is 16.7. The average molecular weight is 390 g/mol. The maximum absolute atomic E-state index is 12.6. The van der Waals surface area contributed by atoms with Crippen LogP contribution in [0.2, 0.25) is 0 Å². The zero-order chi connectivity index (χ0) is 20.4. The highest BCUT2D eigenvalue weighted by molar-refractivity contribution is 5.75. The van der Waals surface area contributed by atoms with Crippen molar-refractivity contribution in [2.24, 2.45) is 5.73 Å². The van der Waals surface area contributed by atoms with E-state index in [1.165, 1.54) is 10.2 Å². The van der Waals surface area contributed by atoms with E-state index in [0.717, 1.165) is 43.0 Å². The molecule has 0 radical (unpaired) electrons. The molecule has 0 aliphatic carbocycles. The van der Waals surface area contributed by atoms with E-state index in [1.54, 1.807) is 16.5 Å². The fourth-order valence-corrected chi connectivity index (χ4v) is 3.81. The number of rotatable bonds is 6. The van der Waals surface area contributed by atoms with E-state index >= 15 is 0 Å². The molecule has 2 aromatic heterocycles. The summed E-state index contributed by atoms with van der Waals surface area (Å²) in [5.41, 5.74) is 9.09. The lowest BCUT2D eigenvalue weighted by atomic mass is 10.1. The Morgan fingerprint density at radius 3 is 2.68 bits per heavy atom. The molecule has 3 rings (SSSR count). The first-order valence-electron chi connectivity index (χ1n) is 10.0. The van der Waals surface area contributed by atoms with Gasteiger partial charge in [0.25, 0.3) is 0 Å². The van der Waals surface area contributed by atoms with Crippen LogP contribution in [0.15, 0.2) is 4.79 Å². The van der Waals surface area contributed by atoms with Gasteiger partial charge in [-0.1, -0.05) is 0 Å². The molecule has 0 fully saturated rings. The van der Waals surface area contributed by atoms with Gasteiger partial charge in [-0.25, -0.2) is 9.48 Å². The minimum absolute atomic E-state index is 0.0342. The number of nitrogens with two attached hydrogens (primary N) is 1. The summed E-state index contributed by atoms with van der Waals surface area (Å²) in [5, 5.41) is 8.91. The number of aryl methyl sites for hydroxylation is 3. The Kier molecular flexibility index (Phi) is 6.02. The molecule has 1 unspecified atom stereocenters. The fourth-order valence-electron chi connectivity index (χ4n) is 3.81. The molecule has 3 heterocycles. The molecule has 0 bridgehead atoms. The standard InChI is InChI=1S/C19H31N7O2/c1-5-25-14(3)16(13(2)21-25)9-10-23(4)18(27)12-26-19(28)24-11-8-15(20)6-7-17(24)22-26/h15H,5-12,20H2,1-4H3. The molecule has 28 heavy (non-hydrogen) atoms. The summed E-state index contributed by atoms with van der Waals surface area (Å²) in [4.78, 5) is 26.9. The summed E-state index contributed by atoms with van der Waals surface area (Å²) in [6.45, 7) is 8.07. The molecule has 2 N–H and O–H groups in total. The number of likely N-dealkylation sites (N-methyl/N-ethyl adjacent to an activating group) is 1. The molecule has 1 aliphatic rings. The van der Waals surface area contributed by atoms with Crippen LogP contribution in [0.1, 0.15) is 42.5 Å². The van der Waals surface area contributed by atoms with Crippen molar-refractivity contribution in [3.63, 3.8) is 0 Å². The van der Waals surface area contributed by atoms with Crippen LogP contribution in [-0.4, -0.2) is 54.6 Å². The third-order valence-corrected chi connectivity index (χ3v) is 5.70. The van der Waals surface area contributed by atoms with E-state index < -0.39 is 0 Å². The Hall–Kier alpha value is -2.42. The van der Waals surface area contributed by atoms with Crippen molar-refractivity contribution < 1.29 is 4.79 Å². The Bertz CT molecular complexity index is 908. The first-order chi connectivity index (χ1) is 13.3. The average Bonchev–Trinajstić information content (AvgIpc) is 3.03. The van der Waals surface area contributed by atoms with E-state index in [-0.39, 0.29) is 24.2 Å². The molecular weight excluding hydrogens is 358 g/mol. The number of hydrogen-bond acceptors (Lipinski definition) is 5. The van der Waals surface area contributed by atoms with Crippen molar-refractivity contribution in [1.29, 1.82) is 0 Å². The number of fused-ring (bicyclic) bond motifs is 1. The molecule has 2 aromatic rings. The monoisotopic (exact) mass is 389 g/mol. The molecule has 0 saturated heterocycles. The van der Waals surface area contributed by atoms with Crippen molar-refractivity contribution in [3.8, 4) is 0 Å². The second kappa shape index (κ2) is 8.30. The Labute approximate surface area is 165 Å². The number of carbonyl (C=O) groups is 1. The predicted octanol–water partition coefficient (Wildman–Crippen LogP) is 0.243. The van der Waals surface area contributed by atoms with Gasteiger partial charge in [-0.2, -0.15) is 10.2 Å². The molecule has 9 heteroatoms. The number of carbonyl (C=O) groups excluding carboxylic acids is 1. The summed E-state index contributed by atoms with van der Waals surface area (Å²) in [7, 11) is 1.77. The predicted molar refractivity (Wildman–Crippen MR) is 106 cm³/mol. The van der Waals surface area contributed by atoms with E-state index in [0.29, 0.717) is 19.5 Å². The highest BCUT2D eigenvalue weighted by Gasteiger charge is 2.21. The number of nitrogens with zero attached hydrogens (tertiary/aromatic N) is 6. The lowest BCUT2D eigenvalue weighted by Crippen LogP contribution is -2.36. The SMILES string of the molecule is CCn1nc(C)c(CCN(C)C(=O)Cn2nc3n(c2=O)CCC(N)CC3)c1C.